The number of rotatable bonds is 5. The van der Waals surface area contributed by atoms with E-state index >= 15 is 0 Å². The smallest absolute Gasteiger partial charge is 0.238 e. The van der Waals surface area contributed by atoms with E-state index in [9.17, 15) is 4.79 Å². The van der Waals surface area contributed by atoms with Crippen LogP contribution in [-0.4, -0.2) is 12.5 Å². The Morgan fingerprint density at radius 3 is 2.43 bits per heavy atom. The molecular weight excluding hydrogens is 260 g/mol. The molecule has 0 aliphatic rings. The highest BCUT2D eigenvalue weighted by Crippen LogP contribution is 2.13. The van der Waals surface area contributed by atoms with Crippen molar-refractivity contribution < 1.29 is 4.79 Å². The maximum atomic E-state index is 11.9. The van der Waals surface area contributed by atoms with Crippen molar-refractivity contribution in [2.24, 2.45) is 0 Å². The van der Waals surface area contributed by atoms with Gasteiger partial charge < -0.3 is 10.6 Å². The number of anilines is 1. The largest absolute Gasteiger partial charge is 0.325 e. The summed E-state index contributed by atoms with van der Waals surface area (Å²) in [5.41, 5.74) is 4.43. The van der Waals surface area contributed by atoms with E-state index in [2.05, 4.69) is 42.7 Å². The monoisotopic (exact) mass is 282 g/mol. The topological polar surface area (TPSA) is 41.1 Å². The first-order chi connectivity index (χ1) is 10.0. The Morgan fingerprint density at radius 2 is 1.76 bits per heavy atom. The van der Waals surface area contributed by atoms with Gasteiger partial charge in [0.25, 0.3) is 0 Å². The van der Waals surface area contributed by atoms with Crippen molar-refractivity contribution in [2.75, 3.05) is 11.9 Å². The van der Waals surface area contributed by atoms with Crippen molar-refractivity contribution in [3.05, 3.63) is 65.2 Å². The van der Waals surface area contributed by atoms with Crippen LogP contribution in [0.4, 0.5) is 5.69 Å². The van der Waals surface area contributed by atoms with Crippen molar-refractivity contribution in [2.45, 2.75) is 26.8 Å². The highest BCUT2D eigenvalue weighted by molar-refractivity contribution is 5.92. The molecule has 0 saturated heterocycles. The molecule has 0 aliphatic heterocycles. The molecule has 3 heteroatoms. The molecule has 110 valence electrons. The van der Waals surface area contributed by atoms with Crippen LogP contribution in [0, 0.1) is 13.8 Å². The van der Waals surface area contributed by atoms with Crippen LogP contribution in [0.5, 0.6) is 0 Å². The number of hydrogen-bond acceptors (Lipinski definition) is 2. The maximum Gasteiger partial charge on any atom is 0.238 e. The minimum atomic E-state index is -0.0293. The van der Waals surface area contributed by atoms with Crippen LogP contribution in [0.15, 0.2) is 48.5 Å². The highest BCUT2D eigenvalue weighted by atomic mass is 16.1. The Morgan fingerprint density at radius 1 is 1.05 bits per heavy atom. The number of nitrogens with one attached hydrogen (secondary N) is 2. The van der Waals surface area contributed by atoms with Gasteiger partial charge in [-0.25, -0.2) is 0 Å². The molecule has 2 aromatic carbocycles. The summed E-state index contributed by atoms with van der Waals surface area (Å²) < 4.78 is 0. The summed E-state index contributed by atoms with van der Waals surface area (Å²) >= 11 is 0. The van der Waals surface area contributed by atoms with Gasteiger partial charge in [-0.05, 0) is 38.5 Å². The number of benzene rings is 2. The van der Waals surface area contributed by atoms with Gasteiger partial charge in [0.1, 0.15) is 0 Å². The molecule has 2 rings (SSSR count). The van der Waals surface area contributed by atoms with Crippen LogP contribution in [0.1, 0.15) is 29.7 Å². The van der Waals surface area contributed by atoms with E-state index in [0.29, 0.717) is 6.54 Å². The van der Waals surface area contributed by atoms with Gasteiger partial charge in [0, 0.05) is 11.7 Å². The first kappa shape index (κ1) is 15.3. The number of carbonyl (C=O) groups excluding carboxylic acids is 1. The zero-order chi connectivity index (χ0) is 15.2. The summed E-state index contributed by atoms with van der Waals surface area (Å²) in [6, 6.07) is 16.3. The van der Waals surface area contributed by atoms with E-state index in [-0.39, 0.29) is 11.9 Å². The number of hydrogen-bond donors (Lipinski definition) is 2. The molecule has 1 amide bonds. The molecular formula is C18H22N2O. The molecule has 0 bridgehead atoms. The lowest BCUT2D eigenvalue weighted by atomic mass is 10.1. The normalized spacial score (nSPS) is 12.0. The lowest BCUT2D eigenvalue weighted by molar-refractivity contribution is -0.115. The van der Waals surface area contributed by atoms with Crippen molar-refractivity contribution in [3.8, 4) is 0 Å². The van der Waals surface area contributed by atoms with Crippen LogP contribution >= 0.6 is 0 Å². The summed E-state index contributed by atoms with van der Waals surface area (Å²) in [5.74, 6) is -0.0293. The van der Waals surface area contributed by atoms with Gasteiger partial charge in [-0.1, -0.05) is 47.5 Å². The van der Waals surface area contributed by atoms with E-state index in [4.69, 9.17) is 0 Å². The molecule has 0 fully saturated rings. The van der Waals surface area contributed by atoms with Crippen molar-refractivity contribution in [1.82, 2.24) is 5.32 Å². The molecule has 0 spiro atoms. The first-order valence-electron chi connectivity index (χ1n) is 7.21. The SMILES string of the molecule is Cc1ccc(NC(=O)CN[C@H](C)c2cccc(C)c2)cc1. The minimum absolute atomic E-state index is 0.0293. The molecule has 3 nitrogen and oxygen atoms in total. The molecule has 2 N–H and O–H groups in total. The lowest BCUT2D eigenvalue weighted by Gasteiger charge is -2.14. The molecule has 0 unspecified atom stereocenters. The standard InChI is InChI=1S/C18H22N2O/c1-13-7-9-17(10-8-13)20-18(21)12-19-15(3)16-6-4-5-14(2)11-16/h4-11,15,19H,12H2,1-3H3,(H,20,21)/t15-/m1/s1. The Hall–Kier alpha value is -2.13. The van der Waals surface area contributed by atoms with Gasteiger partial charge in [-0.15, -0.1) is 0 Å². The number of carbonyl (C=O) groups is 1. The van der Waals surface area contributed by atoms with Gasteiger partial charge in [-0.2, -0.15) is 0 Å². The van der Waals surface area contributed by atoms with Crippen LogP contribution in [0.25, 0.3) is 0 Å². The van der Waals surface area contributed by atoms with E-state index in [1.54, 1.807) is 0 Å². The number of amides is 1. The predicted molar refractivity (Wildman–Crippen MR) is 87.4 cm³/mol. The average molecular weight is 282 g/mol. The molecule has 0 radical (unpaired) electrons. The fourth-order valence-electron chi connectivity index (χ4n) is 2.15. The first-order valence-corrected chi connectivity index (χ1v) is 7.21. The third kappa shape index (κ3) is 4.72. The fraction of sp³-hybridized carbons (Fsp3) is 0.278. The summed E-state index contributed by atoms with van der Waals surface area (Å²) in [6.45, 7) is 6.45. The summed E-state index contributed by atoms with van der Waals surface area (Å²) in [4.78, 5) is 11.9. The summed E-state index contributed by atoms with van der Waals surface area (Å²) in [7, 11) is 0. The molecule has 1 atom stereocenters. The third-order valence-electron chi connectivity index (χ3n) is 3.45. The summed E-state index contributed by atoms with van der Waals surface area (Å²) in [6.07, 6.45) is 0. The van der Waals surface area contributed by atoms with E-state index in [0.717, 1.165) is 5.69 Å². The van der Waals surface area contributed by atoms with E-state index in [1.807, 2.05) is 37.3 Å². The van der Waals surface area contributed by atoms with E-state index in [1.165, 1.54) is 16.7 Å². The average Bonchev–Trinajstić information content (AvgIpc) is 2.47. The van der Waals surface area contributed by atoms with Gasteiger partial charge in [0.15, 0.2) is 0 Å². The van der Waals surface area contributed by atoms with Crippen LogP contribution in [0.3, 0.4) is 0 Å². The lowest BCUT2D eigenvalue weighted by Crippen LogP contribution is -2.30. The molecule has 2 aromatic rings. The third-order valence-corrected chi connectivity index (χ3v) is 3.45. The Kier molecular flexibility index (Phi) is 5.12. The zero-order valence-electron chi connectivity index (χ0n) is 12.8. The van der Waals surface area contributed by atoms with E-state index < -0.39 is 0 Å². The summed E-state index contributed by atoms with van der Waals surface area (Å²) in [5, 5.41) is 6.13. The Bertz CT molecular complexity index is 605. The fourth-order valence-corrected chi connectivity index (χ4v) is 2.15. The minimum Gasteiger partial charge on any atom is -0.325 e. The zero-order valence-corrected chi connectivity index (χ0v) is 12.8. The second kappa shape index (κ2) is 7.04. The van der Waals surface area contributed by atoms with Gasteiger partial charge >= 0.3 is 0 Å². The second-order valence-corrected chi connectivity index (χ2v) is 5.43. The van der Waals surface area contributed by atoms with Gasteiger partial charge in [-0.3, -0.25) is 4.79 Å². The van der Waals surface area contributed by atoms with Crippen molar-refractivity contribution in [3.63, 3.8) is 0 Å². The van der Waals surface area contributed by atoms with Crippen LogP contribution in [0.2, 0.25) is 0 Å². The Balaban J connectivity index is 1.84. The molecule has 0 saturated carbocycles. The van der Waals surface area contributed by atoms with Crippen LogP contribution in [-0.2, 0) is 4.79 Å². The predicted octanol–water partition coefficient (Wildman–Crippen LogP) is 3.59. The van der Waals surface area contributed by atoms with Gasteiger partial charge in [0.2, 0.25) is 5.91 Å². The molecule has 0 aliphatic carbocycles. The highest BCUT2D eigenvalue weighted by Gasteiger charge is 2.08. The Labute approximate surface area is 126 Å². The number of aryl methyl sites for hydroxylation is 2. The van der Waals surface area contributed by atoms with Crippen molar-refractivity contribution in [1.29, 1.82) is 0 Å². The molecule has 0 aromatic heterocycles. The molecule has 0 heterocycles. The van der Waals surface area contributed by atoms with Crippen molar-refractivity contribution >= 4 is 11.6 Å². The second-order valence-electron chi connectivity index (χ2n) is 5.43. The maximum absolute atomic E-state index is 11.9. The quantitative estimate of drug-likeness (QED) is 0.880. The molecule has 21 heavy (non-hydrogen) atoms. The van der Waals surface area contributed by atoms with Crippen LogP contribution < -0.4 is 10.6 Å². The van der Waals surface area contributed by atoms with Gasteiger partial charge in [0.05, 0.1) is 6.54 Å².